The van der Waals surface area contributed by atoms with E-state index in [1.54, 1.807) is 0 Å². The first kappa shape index (κ1) is 24.7. The van der Waals surface area contributed by atoms with E-state index in [-0.39, 0.29) is 0 Å². The maximum Gasteiger partial charge on any atom is 0.0542 e. The highest BCUT2D eigenvalue weighted by Gasteiger charge is 2.17. The highest BCUT2D eigenvalue weighted by atomic mass is 15.0. The van der Waals surface area contributed by atoms with Crippen LogP contribution in [0.15, 0.2) is 170 Å². The number of benzene rings is 7. The van der Waals surface area contributed by atoms with Gasteiger partial charge in [0.2, 0.25) is 0 Å². The van der Waals surface area contributed by atoms with E-state index in [9.17, 15) is 0 Å². The van der Waals surface area contributed by atoms with E-state index in [0.717, 1.165) is 5.69 Å². The van der Waals surface area contributed by atoms with E-state index in [0.29, 0.717) is 0 Å². The zero-order chi connectivity index (χ0) is 29.0. The fourth-order valence-electron chi connectivity index (χ4n) is 6.91. The molecule has 0 aliphatic carbocycles. The molecule has 0 amide bonds. The quantitative estimate of drug-likeness (QED) is 0.203. The normalized spacial score (nSPS) is 11.6. The Balaban J connectivity index is 1.32. The van der Waals surface area contributed by atoms with Crippen LogP contribution in [-0.4, -0.2) is 9.13 Å². The van der Waals surface area contributed by atoms with Gasteiger partial charge in [-0.25, -0.2) is 0 Å². The average molecular weight is 561 g/mol. The molecule has 206 valence electrons. The molecule has 0 saturated carbocycles. The Morgan fingerprint density at radius 1 is 0.250 bits per heavy atom. The molecule has 2 nitrogen and oxygen atoms in total. The van der Waals surface area contributed by atoms with E-state index in [1.165, 1.54) is 71.6 Å². The molecule has 44 heavy (non-hydrogen) atoms. The minimum absolute atomic E-state index is 1.15. The van der Waals surface area contributed by atoms with Gasteiger partial charge in [0.25, 0.3) is 0 Å². The number of rotatable bonds is 4. The third kappa shape index (κ3) is 3.82. The molecule has 0 bridgehead atoms. The molecule has 0 aliphatic heterocycles. The van der Waals surface area contributed by atoms with Gasteiger partial charge in [-0.15, -0.1) is 0 Å². The first-order chi connectivity index (χ1) is 21.8. The second-order valence-electron chi connectivity index (χ2n) is 11.4. The number of hydrogen-bond acceptors (Lipinski definition) is 0. The van der Waals surface area contributed by atoms with Crippen molar-refractivity contribution >= 4 is 43.6 Å². The van der Waals surface area contributed by atoms with Crippen LogP contribution in [0, 0.1) is 0 Å². The summed E-state index contributed by atoms with van der Waals surface area (Å²) < 4.78 is 4.83. The zero-order valence-corrected chi connectivity index (χ0v) is 24.1. The van der Waals surface area contributed by atoms with Crippen molar-refractivity contribution in [2.75, 3.05) is 0 Å². The Morgan fingerprint density at radius 3 is 1.18 bits per heavy atom. The van der Waals surface area contributed by atoms with Crippen molar-refractivity contribution in [3.63, 3.8) is 0 Å². The third-order valence-electron chi connectivity index (χ3n) is 8.88. The summed E-state index contributed by atoms with van der Waals surface area (Å²) in [5.74, 6) is 0. The molecule has 2 heteroatoms. The number of fused-ring (bicyclic) bond motifs is 6. The van der Waals surface area contributed by atoms with Crippen LogP contribution in [0.25, 0.3) is 77.2 Å². The second-order valence-corrected chi connectivity index (χ2v) is 11.4. The second kappa shape index (κ2) is 9.86. The molecule has 0 saturated heterocycles. The van der Waals surface area contributed by atoms with E-state index in [1.807, 2.05) is 0 Å². The monoisotopic (exact) mass is 560 g/mol. The van der Waals surface area contributed by atoms with Gasteiger partial charge in [-0.1, -0.05) is 115 Å². The molecule has 0 aliphatic rings. The third-order valence-corrected chi connectivity index (χ3v) is 8.88. The Bertz CT molecular complexity index is 2370. The topological polar surface area (TPSA) is 9.86 Å². The van der Waals surface area contributed by atoms with Gasteiger partial charge in [0, 0.05) is 32.9 Å². The first-order valence-electron chi connectivity index (χ1n) is 15.1. The maximum atomic E-state index is 2.43. The summed E-state index contributed by atoms with van der Waals surface area (Å²) >= 11 is 0. The number of nitrogens with zero attached hydrogens (tertiary/aromatic N) is 2. The van der Waals surface area contributed by atoms with Crippen LogP contribution in [-0.2, 0) is 0 Å². The van der Waals surface area contributed by atoms with Crippen molar-refractivity contribution in [1.29, 1.82) is 0 Å². The lowest BCUT2D eigenvalue weighted by Gasteiger charge is -2.14. The van der Waals surface area contributed by atoms with Gasteiger partial charge in [-0.3, -0.25) is 0 Å². The molecular weight excluding hydrogens is 532 g/mol. The highest BCUT2D eigenvalue weighted by molar-refractivity contribution is 6.12. The lowest BCUT2D eigenvalue weighted by molar-refractivity contribution is 1.17. The molecule has 0 fully saturated rings. The molecule has 2 heterocycles. The Hall–Kier alpha value is -5.86. The molecule has 7 aromatic carbocycles. The molecule has 9 rings (SSSR count). The minimum Gasteiger partial charge on any atom is -0.309 e. The predicted octanol–water partition coefficient (Wildman–Crippen LogP) is 11.2. The van der Waals surface area contributed by atoms with Gasteiger partial charge in [0.05, 0.1) is 22.1 Å². The van der Waals surface area contributed by atoms with E-state index < -0.39 is 0 Å². The van der Waals surface area contributed by atoms with Crippen LogP contribution in [0.5, 0.6) is 0 Å². The Labute approximate surface area is 255 Å². The van der Waals surface area contributed by atoms with Crippen LogP contribution in [0.3, 0.4) is 0 Å². The summed E-state index contributed by atoms with van der Waals surface area (Å²) in [4.78, 5) is 0. The fraction of sp³-hybridized carbons (Fsp3) is 0. The summed E-state index contributed by atoms with van der Waals surface area (Å²) in [5.41, 5.74) is 12.0. The standard InChI is InChI=1S/C42H28N2/c1-3-13-29(14-4-1)31-25-32(30-15-5-2-6-16-30)27-34(26-31)44-41-22-12-9-19-37(41)38-28-33(23-24-42(38)44)43-39-20-10-7-17-35(39)36-18-8-11-21-40(36)43/h1-28H. The summed E-state index contributed by atoms with van der Waals surface area (Å²) in [6.45, 7) is 0. The van der Waals surface area contributed by atoms with Crippen LogP contribution in [0.4, 0.5) is 0 Å². The number of aromatic nitrogens is 2. The fourth-order valence-corrected chi connectivity index (χ4v) is 6.91. The van der Waals surface area contributed by atoms with Crippen molar-refractivity contribution in [3.05, 3.63) is 170 Å². The van der Waals surface area contributed by atoms with Crippen LogP contribution in [0.1, 0.15) is 0 Å². The van der Waals surface area contributed by atoms with E-state index >= 15 is 0 Å². The molecule has 0 spiro atoms. The zero-order valence-electron chi connectivity index (χ0n) is 24.1. The van der Waals surface area contributed by atoms with Gasteiger partial charge < -0.3 is 9.13 Å². The molecular formula is C42H28N2. The molecule has 0 N–H and O–H groups in total. The molecule has 2 aromatic heterocycles. The Morgan fingerprint density at radius 2 is 0.659 bits per heavy atom. The molecule has 9 aromatic rings. The Kier molecular flexibility index (Phi) is 5.54. The summed E-state index contributed by atoms with van der Waals surface area (Å²) in [7, 11) is 0. The number of para-hydroxylation sites is 3. The van der Waals surface area contributed by atoms with Crippen LogP contribution in [0.2, 0.25) is 0 Å². The van der Waals surface area contributed by atoms with Gasteiger partial charge in [0.1, 0.15) is 0 Å². The summed E-state index contributed by atoms with van der Waals surface area (Å²) in [6, 6.07) is 61.5. The van der Waals surface area contributed by atoms with Crippen molar-refractivity contribution in [2.45, 2.75) is 0 Å². The lowest BCUT2D eigenvalue weighted by atomic mass is 9.98. The lowest BCUT2D eigenvalue weighted by Crippen LogP contribution is -1.97. The van der Waals surface area contributed by atoms with Gasteiger partial charge in [-0.2, -0.15) is 0 Å². The van der Waals surface area contributed by atoms with E-state index in [2.05, 4.69) is 179 Å². The molecule has 0 atom stereocenters. The van der Waals surface area contributed by atoms with Crippen molar-refractivity contribution in [2.24, 2.45) is 0 Å². The predicted molar refractivity (Wildman–Crippen MR) is 186 cm³/mol. The van der Waals surface area contributed by atoms with Crippen molar-refractivity contribution < 1.29 is 0 Å². The number of hydrogen-bond donors (Lipinski definition) is 0. The highest BCUT2D eigenvalue weighted by Crippen LogP contribution is 2.38. The average Bonchev–Trinajstić information content (AvgIpc) is 3.61. The van der Waals surface area contributed by atoms with Crippen LogP contribution >= 0.6 is 0 Å². The largest absolute Gasteiger partial charge is 0.309 e. The smallest absolute Gasteiger partial charge is 0.0542 e. The molecule has 0 radical (unpaired) electrons. The van der Waals surface area contributed by atoms with E-state index in [4.69, 9.17) is 0 Å². The van der Waals surface area contributed by atoms with Gasteiger partial charge in [-0.05, 0) is 76.9 Å². The van der Waals surface area contributed by atoms with Crippen molar-refractivity contribution in [1.82, 2.24) is 9.13 Å². The molecule has 0 unspecified atom stereocenters. The summed E-state index contributed by atoms with van der Waals surface area (Å²) in [5, 5.41) is 5.04. The summed E-state index contributed by atoms with van der Waals surface area (Å²) in [6.07, 6.45) is 0. The van der Waals surface area contributed by atoms with Gasteiger partial charge >= 0.3 is 0 Å². The minimum atomic E-state index is 1.15. The van der Waals surface area contributed by atoms with Crippen molar-refractivity contribution in [3.8, 4) is 33.6 Å². The first-order valence-corrected chi connectivity index (χ1v) is 15.1. The van der Waals surface area contributed by atoms with Gasteiger partial charge in [0.15, 0.2) is 0 Å². The SMILES string of the molecule is c1ccc(-c2cc(-c3ccccc3)cc(-n3c4ccccc4c4cc(-n5c6ccccc6c6ccccc65)ccc43)c2)cc1. The maximum absolute atomic E-state index is 2.43. The van der Waals surface area contributed by atoms with Crippen LogP contribution < -0.4 is 0 Å².